The van der Waals surface area contributed by atoms with E-state index >= 15 is 0 Å². The number of nitro benzene ring substituents is 1. The first-order chi connectivity index (χ1) is 11.9. The molecule has 0 heterocycles. The van der Waals surface area contributed by atoms with Gasteiger partial charge in [-0.3, -0.25) is 10.1 Å². The molecule has 2 aromatic rings. The highest BCUT2D eigenvalue weighted by molar-refractivity contribution is 7.99. The van der Waals surface area contributed by atoms with Gasteiger partial charge in [0, 0.05) is 16.6 Å². The average Bonchev–Trinajstić information content (AvgIpc) is 2.57. The molecule has 0 bridgehead atoms. The van der Waals surface area contributed by atoms with Crippen LogP contribution in [-0.4, -0.2) is 15.8 Å². The number of rotatable bonds is 6. The lowest BCUT2D eigenvalue weighted by molar-refractivity contribution is -0.383. The molecule has 132 valence electrons. The molecule has 0 aliphatic heterocycles. The zero-order chi connectivity index (χ0) is 18.4. The van der Waals surface area contributed by atoms with Gasteiger partial charge in [-0.05, 0) is 67.6 Å². The van der Waals surface area contributed by atoms with E-state index in [1.807, 2.05) is 32.0 Å². The Morgan fingerprint density at radius 1 is 1.20 bits per heavy atom. The van der Waals surface area contributed by atoms with Crippen LogP contribution in [0.4, 0.5) is 17.1 Å². The Hall–Kier alpha value is -2.12. The number of aryl methyl sites for hydroxylation is 1. The Balaban J connectivity index is 2.20. The summed E-state index contributed by atoms with van der Waals surface area (Å²) in [6.07, 6.45) is 1.04. The summed E-state index contributed by atoms with van der Waals surface area (Å²) in [5.41, 5.74) is 3.53. The fourth-order valence-electron chi connectivity index (χ4n) is 2.25. The van der Waals surface area contributed by atoms with Gasteiger partial charge in [0.15, 0.2) is 5.11 Å². The highest BCUT2D eigenvalue weighted by atomic mass is 32.2. The van der Waals surface area contributed by atoms with Crippen LogP contribution in [0.15, 0.2) is 41.3 Å². The van der Waals surface area contributed by atoms with E-state index in [0.717, 1.165) is 33.9 Å². The maximum Gasteiger partial charge on any atom is 0.292 e. The highest BCUT2D eigenvalue weighted by Gasteiger charge is 2.16. The first-order valence-corrected chi connectivity index (χ1v) is 9.37. The van der Waals surface area contributed by atoms with Gasteiger partial charge in [0.2, 0.25) is 0 Å². The summed E-state index contributed by atoms with van der Waals surface area (Å²) in [4.78, 5) is 11.9. The molecule has 0 radical (unpaired) electrons. The molecule has 2 N–H and O–H groups in total. The zero-order valence-corrected chi connectivity index (χ0v) is 16.1. The summed E-state index contributed by atoms with van der Waals surface area (Å²) in [7, 11) is 0. The van der Waals surface area contributed by atoms with Gasteiger partial charge in [0.25, 0.3) is 5.69 Å². The molecule has 0 amide bonds. The van der Waals surface area contributed by atoms with Gasteiger partial charge < -0.3 is 10.6 Å². The molecule has 0 saturated heterocycles. The second-order valence-electron chi connectivity index (χ2n) is 5.61. The minimum absolute atomic E-state index is 0.00552. The zero-order valence-electron chi connectivity index (χ0n) is 14.5. The second-order valence-corrected chi connectivity index (χ2v) is 7.19. The predicted octanol–water partition coefficient (Wildman–Crippen LogP) is 5.52. The number of nitro groups is 1. The van der Waals surface area contributed by atoms with Crippen LogP contribution in [0.25, 0.3) is 0 Å². The summed E-state index contributed by atoms with van der Waals surface area (Å²) in [6.45, 7) is 6.13. The van der Waals surface area contributed by atoms with Crippen molar-refractivity contribution in [3.05, 3.63) is 57.6 Å². The van der Waals surface area contributed by atoms with Gasteiger partial charge in [-0.15, -0.1) is 11.8 Å². The normalized spacial score (nSPS) is 10.4. The minimum atomic E-state index is -0.406. The van der Waals surface area contributed by atoms with Crippen LogP contribution in [0, 0.1) is 24.0 Å². The third kappa shape index (κ3) is 5.17. The van der Waals surface area contributed by atoms with E-state index < -0.39 is 4.92 Å². The fourth-order valence-corrected chi connectivity index (χ4v) is 3.27. The van der Waals surface area contributed by atoms with Crippen molar-refractivity contribution < 1.29 is 4.92 Å². The Kier molecular flexibility index (Phi) is 6.78. The number of anilines is 2. The largest absolute Gasteiger partial charge is 0.332 e. The Bertz CT molecular complexity index is 794. The summed E-state index contributed by atoms with van der Waals surface area (Å²) < 4.78 is 0. The third-order valence-corrected chi connectivity index (χ3v) is 5.14. The molecule has 0 unspecified atom stereocenters. The molecule has 0 fully saturated rings. The smallest absolute Gasteiger partial charge is 0.292 e. The number of nitrogens with zero attached hydrogens (tertiary/aromatic N) is 1. The Labute approximate surface area is 157 Å². The maximum absolute atomic E-state index is 11.3. The van der Waals surface area contributed by atoms with Crippen LogP contribution in [0.3, 0.4) is 0 Å². The molecule has 0 aromatic heterocycles. The molecule has 0 saturated carbocycles. The molecule has 0 atom stereocenters. The predicted molar refractivity (Wildman–Crippen MR) is 110 cm³/mol. The summed E-state index contributed by atoms with van der Waals surface area (Å²) >= 11 is 7.01. The van der Waals surface area contributed by atoms with Gasteiger partial charge in [-0.2, -0.15) is 0 Å². The van der Waals surface area contributed by atoms with Crippen molar-refractivity contribution in [2.24, 2.45) is 0 Å². The molecule has 2 aromatic carbocycles. The molecule has 0 aliphatic carbocycles. The van der Waals surface area contributed by atoms with Gasteiger partial charge in [-0.1, -0.05) is 19.1 Å². The number of benzene rings is 2. The first kappa shape index (κ1) is 19.2. The molecule has 0 spiro atoms. The molecule has 0 aliphatic rings. The van der Waals surface area contributed by atoms with Crippen molar-refractivity contribution in [3.63, 3.8) is 0 Å². The van der Waals surface area contributed by atoms with Crippen molar-refractivity contribution >= 4 is 46.2 Å². The summed E-state index contributed by atoms with van der Waals surface area (Å²) in [5, 5.41) is 17.7. The van der Waals surface area contributed by atoms with Crippen LogP contribution in [-0.2, 0) is 0 Å². The molecular formula is C18H21N3O2S2. The molecule has 25 heavy (non-hydrogen) atoms. The minimum Gasteiger partial charge on any atom is -0.332 e. The van der Waals surface area contributed by atoms with Crippen LogP contribution < -0.4 is 10.6 Å². The Morgan fingerprint density at radius 2 is 1.92 bits per heavy atom. The van der Waals surface area contributed by atoms with Crippen molar-refractivity contribution in [2.75, 3.05) is 16.4 Å². The lowest BCUT2D eigenvalue weighted by Gasteiger charge is -2.14. The molecule has 5 nitrogen and oxygen atoms in total. The van der Waals surface area contributed by atoms with E-state index in [2.05, 4.69) is 17.6 Å². The number of thioether (sulfide) groups is 1. The lowest BCUT2D eigenvalue weighted by atomic mass is 10.1. The van der Waals surface area contributed by atoms with E-state index in [4.69, 9.17) is 12.2 Å². The lowest BCUT2D eigenvalue weighted by Crippen LogP contribution is -2.20. The first-order valence-electron chi connectivity index (χ1n) is 7.97. The summed E-state index contributed by atoms with van der Waals surface area (Å²) in [6, 6.07) is 11.0. The van der Waals surface area contributed by atoms with E-state index in [9.17, 15) is 10.1 Å². The maximum atomic E-state index is 11.3. The van der Waals surface area contributed by atoms with Crippen molar-refractivity contribution in [2.45, 2.75) is 32.1 Å². The van der Waals surface area contributed by atoms with Crippen LogP contribution in [0.1, 0.15) is 24.5 Å². The molecule has 2 rings (SSSR count). The van der Waals surface area contributed by atoms with E-state index in [1.54, 1.807) is 23.9 Å². The van der Waals surface area contributed by atoms with Gasteiger partial charge in [0.05, 0.1) is 4.92 Å². The number of nitrogens with one attached hydrogen (secondary N) is 2. The Morgan fingerprint density at radius 3 is 2.60 bits per heavy atom. The van der Waals surface area contributed by atoms with Gasteiger partial charge in [-0.25, -0.2) is 0 Å². The van der Waals surface area contributed by atoms with E-state index in [1.165, 1.54) is 6.07 Å². The van der Waals surface area contributed by atoms with Gasteiger partial charge >= 0.3 is 0 Å². The SMILES string of the molecule is CCCSc1ccc([N+](=O)[O-])c(NC(=S)Nc2cccc(C)c2C)c1. The second kappa shape index (κ2) is 8.82. The van der Waals surface area contributed by atoms with Crippen LogP contribution in [0.5, 0.6) is 0 Å². The van der Waals surface area contributed by atoms with Crippen molar-refractivity contribution in [1.82, 2.24) is 0 Å². The number of hydrogen-bond donors (Lipinski definition) is 2. The molecule has 7 heteroatoms. The average molecular weight is 376 g/mol. The number of hydrogen-bond acceptors (Lipinski definition) is 4. The van der Waals surface area contributed by atoms with E-state index in [-0.39, 0.29) is 5.69 Å². The van der Waals surface area contributed by atoms with Crippen molar-refractivity contribution in [3.8, 4) is 0 Å². The monoisotopic (exact) mass is 375 g/mol. The van der Waals surface area contributed by atoms with E-state index in [0.29, 0.717) is 10.8 Å². The quantitative estimate of drug-likeness (QED) is 0.300. The van der Waals surface area contributed by atoms with Gasteiger partial charge in [0.1, 0.15) is 5.69 Å². The highest BCUT2D eigenvalue weighted by Crippen LogP contribution is 2.30. The fraction of sp³-hybridized carbons (Fsp3) is 0.278. The molecular weight excluding hydrogens is 354 g/mol. The van der Waals surface area contributed by atoms with Crippen LogP contribution >= 0.6 is 24.0 Å². The van der Waals surface area contributed by atoms with Crippen LogP contribution in [0.2, 0.25) is 0 Å². The standard InChI is InChI=1S/C18H21N3O2S2/c1-4-10-25-14-8-9-17(21(22)23)16(11-14)20-18(24)19-15-7-5-6-12(2)13(15)3/h5-9,11H,4,10H2,1-3H3,(H2,19,20,24). The third-order valence-electron chi connectivity index (χ3n) is 3.74. The summed E-state index contributed by atoms with van der Waals surface area (Å²) in [5.74, 6) is 0.961. The number of thiocarbonyl (C=S) groups is 1. The topological polar surface area (TPSA) is 67.2 Å². The van der Waals surface area contributed by atoms with Crippen molar-refractivity contribution in [1.29, 1.82) is 0 Å².